The summed E-state index contributed by atoms with van der Waals surface area (Å²) in [6, 6.07) is 8.20. The molecule has 0 aliphatic carbocycles. The first-order chi connectivity index (χ1) is 13.9. The van der Waals surface area contributed by atoms with Crippen molar-refractivity contribution in [3.8, 4) is 5.75 Å². The average molecular weight is 408 g/mol. The Morgan fingerprint density at radius 2 is 2.00 bits per heavy atom. The van der Waals surface area contributed by atoms with Gasteiger partial charge in [-0.05, 0) is 25.5 Å². The van der Waals surface area contributed by atoms with E-state index in [2.05, 4.69) is 5.32 Å². The molecular formula is C20H28N2O7. The van der Waals surface area contributed by atoms with Crippen LogP contribution in [0.4, 0.5) is 0 Å². The number of para-hydroxylation sites is 1. The number of likely N-dealkylation sites (tertiary alicyclic amines) is 1. The average Bonchev–Trinajstić information content (AvgIpc) is 3.11. The summed E-state index contributed by atoms with van der Waals surface area (Å²) in [7, 11) is 1.42. The van der Waals surface area contributed by atoms with Crippen molar-refractivity contribution < 1.29 is 33.7 Å². The maximum atomic E-state index is 12.5. The first-order valence-corrected chi connectivity index (χ1v) is 9.56. The summed E-state index contributed by atoms with van der Waals surface area (Å²) >= 11 is 0. The largest absolute Gasteiger partial charge is 0.494 e. The minimum absolute atomic E-state index is 0.00603. The molecule has 2 amide bonds. The lowest BCUT2D eigenvalue weighted by Crippen LogP contribution is -2.46. The quantitative estimate of drug-likeness (QED) is 0.415. The fourth-order valence-corrected chi connectivity index (χ4v) is 3.20. The van der Waals surface area contributed by atoms with E-state index in [1.165, 1.54) is 12.0 Å². The van der Waals surface area contributed by atoms with E-state index >= 15 is 0 Å². The summed E-state index contributed by atoms with van der Waals surface area (Å²) < 4.78 is 16.4. The van der Waals surface area contributed by atoms with E-state index in [-0.39, 0.29) is 31.8 Å². The molecule has 0 saturated carbocycles. The van der Waals surface area contributed by atoms with E-state index in [0.29, 0.717) is 19.6 Å². The topological polar surface area (TPSA) is 114 Å². The molecule has 9 heteroatoms. The van der Waals surface area contributed by atoms with Crippen molar-refractivity contribution in [2.75, 3.05) is 33.4 Å². The number of carboxylic acid groups (broad SMARTS) is 1. The highest BCUT2D eigenvalue weighted by Crippen LogP contribution is 2.31. The molecular weight excluding hydrogens is 380 g/mol. The molecule has 2 N–H and O–H groups in total. The molecule has 2 atom stereocenters. The van der Waals surface area contributed by atoms with Crippen molar-refractivity contribution in [2.24, 2.45) is 0 Å². The van der Waals surface area contributed by atoms with E-state index < -0.39 is 23.7 Å². The predicted molar refractivity (Wildman–Crippen MR) is 103 cm³/mol. The normalized spacial score (nSPS) is 21.0. The fraction of sp³-hybridized carbons (Fsp3) is 0.550. The smallest absolute Gasteiger partial charge is 0.326 e. The van der Waals surface area contributed by atoms with Gasteiger partial charge in [0.25, 0.3) is 0 Å². The molecule has 0 radical (unpaired) electrons. The molecule has 1 aliphatic heterocycles. The number of nitrogens with one attached hydrogen (secondary N) is 1. The molecule has 1 aliphatic rings. The number of benzene rings is 1. The number of amides is 2. The van der Waals surface area contributed by atoms with Gasteiger partial charge in [-0.2, -0.15) is 0 Å². The highest BCUT2D eigenvalue weighted by molar-refractivity contribution is 5.88. The van der Waals surface area contributed by atoms with Crippen LogP contribution in [0.1, 0.15) is 26.2 Å². The van der Waals surface area contributed by atoms with Crippen molar-refractivity contribution in [1.82, 2.24) is 10.2 Å². The van der Waals surface area contributed by atoms with Gasteiger partial charge in [0.05, 0.1) is 19.7 Å². The maximum Gasteiger partial charge on any atom is 0.326 e. The Hall–Kier alpha value is -2.65. The summed E-state index contributed by atoms with van der Waals surface area (Å²) in [5.41, 5.74) is 0. The molecule has 1 aromatic rings. The Morgan fingerprint density at radius 3 is 2.62 bits per heavy atom. The van der Waals surface area contributed by atoms with Crippen LogP contribution < -0.4 is 10.1 Å². The third kappa shape index (κ3) is 6.43. The zero-order valence-electron chi connectivity index (χ0n) is 16.8. The lowest BCUT2D eigenvalue weighted by molar-refractivity contribution is -0.210. The molecule has 2 rings (SSSR count). The van der Waals surface area contributed by atoms with Gasteiger partial charge in [0, 0.05) is 26.6 Å². The Morgan fingerprint density at radius 1 is 1.28 bits per heavy atom. The Bertz CT molecular complexity index is 697. The van der Waals surface area contributed by atoms with Crippen LogP contribution in [0.25, 0.3) is 0 Å². The minimum atomic E-state index is -1.15. The number of ether oxygens (including phenoxy) is 3. The van der Waals surface area contributed by atoms with Gasteiger partial charge in [-0.1, -0.05) is 18.2 Å². The molecule has 160 valence electrons. The SMILES string of the molecule is CCOC1(OC)CC(C(=O)O)N(C(=O)CNC(=O)CCCOc2ccccc2)C1. The molecule has 1 saturated heterocycles. The monoisotopic (exact) mass is 408 g/mol. The van der Waals surface area contributed by atoms with E-state index in [4.69, 9.17) is 14.2 Å². The van der Waals surface area contributed by atoms with Gasteiger partial charge in [0.1, 0.15) is 11.8 Å². The van der Waals surface area contributed by atoms with Gasteiger partial charge in [0.15, 0.2) is 5.79 Å². The summed E-state index contributed by atoms with van der Waals surface area (Å²) in [5.74, 6) is -2.35. The van der Waals surface area contributed by atoms with Crippen LogP contribution in [0.3, 0.4) is 0 Å². The van der Waals surface area contributed by atoms with Crippen LogP contribution in [0.5, 0.6) is 5.75 Å². The summed E-state index contributed by atoms with van der Waals surface area (Å²) in [4.78, 5) is 37.2. The molecule has 0 bridgehead atoms. The molecule has 1 fully saturated rings. The number of carbonyl (C=O) groups is 3. The van der Waals surface area contributed by atoms with E-state index in [0.717, 1.165) is 5.75 Å². The number of hydrogen-bond acceptors (Lipinski definition) is 6. The van der Waals surface area contributed by atoms with Gasteiger partial charge >= 0.3 is 5.97 Å². The Balaban J connectivity index is 1.77. The minimum Gasteiger partial charge on any atom is -0.494 e. The van der Waals surface area contributed by atoms with E-state index in [9.17, 15) is 19.5 Å². The zero-order valence-corrected chi connectivity index (χ0v) is 16.8. The second-order valence-electron chi connectivity index (χ2n) is 6.67. The van der Waals surface area contributed by atoms with Gasteiger partial charge < -0.3 is 29.5 Å². The van der Waals surface area contributed by atoms with Gasteiger partial charge in [-0.25, -0.2) is 4.79 Å². The van der Waals surface area contributed by atoms with Gasteiger partial charge in [-0.3, -0.25) is 9.59 Å². The van der Waals surface area contributed by atoms with Crippen LogP contribution in [0.2, 0.25) is 0 Å². The molecule has 0 spiro atoms. The second kappa shape index (κ2) is 10.8. The fourth-order valence-electron chi connectivity index (χ4n) is 3.20. The third-order valence-electron chi connectivity index (χ3n) is 4.67. The first kappa shape index (κ1) is 22.6. The standard InChI is InChI=1S/C20H28N2O7/c1-3-29-20(27-2)12-16(19(25)26)22(14-20)18(24)13-21-17(23)10-7-11-28-15-8-5-4-6-9-15/h4-6,8-9,16H,3,7,10-14H2,1-2H3,(H,21,23)(H,25,26). The number of aliphatic carboxylic acids is 1. The first-order valence-electron chi connectivity index (χ1n) is 9.56. The van der Waals surface area contributed by atoms with Crippen molar-refractivity contribution >= 4 is 17.8 Å². The van der Waals surface area contributed by atoms with Crippen molar-refractivity contribution in [2.45, 2.75) is 38.0 Å². The summed E-state index contributed by atoms with van der Waals surface area (Å²) in [6.45, 7) is 2.18. The van der Waals surface area contributed by atoms with Crippen molar-refractivity contribution in [3.63, 3.8) is 0 Å². The molecule has 2 unspecified atom stereocenters. The molecule has 1 aromatic carbocycles. The second-order valence-corrected chi connectivity index (χ2v) is 6.67. The summed E-state index contributed by atoms with van der Waals surface area (Å²) in [5, 5.41) is 12.0. The van der Waals surface area contributed by atoms with Crippen LogP contribution in [-0.4, -0.2) is 73.0 Å². The van der Waals surface area contributed by atoms with Crippen molar-refractivity contribution in [1.29, 1.82) is 0 Å². The molecule has 29 heavy (non-hydrogen) atoms. The Labute approximate surface area is 169 Å². The lowest BCUT2D eigenvalue weighted by Gasteiger charge is -2.27. The number of methoxy groups -OCH3 is 1. The predicted octanol–water partition coefficient (Wildman–Crippen LogP) is 1.03. The van der Waals surface area contributed by atoms with E-state index in [1.807, 2.05) is 30.3 Å². The van der Waals surface area contributed by atoms with Gasteiger partial charge in [-0.15, -0.1) is 0 Å². The molecule has 0 aromatic heterocycles. The number of nitrogens with zero attached hydrogens (tertiary/aromatic N) is 1. The van der Waals surface area contributed by atoms with Crippen LogP contribution in [0, 0.1) is 0 Å². The third-order valence-corrected chi connectivity index (χ3v) is 4.67. The number of rotatable bonds is 11. The number of carbonyl (C=O) groups excluding carboxylic acids is 2. The number of carboxylic acids is 1. The summed E-state index contributed by atoms with van der Waals surface area (Å²) in [6.07, 6.45) is 0.722. The number of hydrogen-bond donors (Lipinski definition) is 2. The van der Waals surface area contributed by atoms with Gasteiger partial charge in [0.2, 0.25) is 11.8 Å². The lowest BCUT2D eigenvalue weighted by atomic mass is 10.1. The molecule has 1 heterocycles. The van der Waals surface area contributed by atoms with Crippen molar-refractivity contribution in [3.05, 3.63) is 30.3 Å². The Kier molecular flexibility index (Phi) is 8.41. The highest BCUT2D eigenvalue weighted by atomic mass is 16.7. The van der Waals surface area contributed by atoms with E-state index in [1.54, 1.807) is 6.92 Å². The van der Waals surface area contributed by atoms with Crippen LogP contribution in [-0.2, 0) is 23.9 Å². The zero-order chi connectivity index (χ0) is 21.3. The highest BCUT2D eigenvalue weighted by Gasteiger charge is 2.50. The maximum absolute atomic E-state index is 12.5. The van der Waals surface area contributed by atoms with Crippen LogP contribution in [0.15, 0.2) is 30.3 Å². The van der Waals surface area contributed by atoms with Crippen LogP contribution >= 0.6 is 0 Å². The molecule has 9 nitrogen and oxygen atoms in total.